The summed E-state index contributed by atoms with van der Waals surface area (Å²) in [7, 11) is 3.35. The molecular weight excluding hydrogens is 356 g/mol. The second kappa shape index (κ2) is 8.80. The van der Waals surface area contributed by atoms with Gasteiger partial charge in [0.05, 0.1) is 19.8 Å². The van der Waals surface area contributed by atoms with E-state index in [0.717, 1.165) is 30.2 Å². The predicted octanol–water partition coefficient (Wildman–Crippen LogP) is 3.30. The first-order chi connectivity index (χ1) is 13.7. The van der Waals surface area contributed by atoms with E-state index in [1.807, 2.05) is 25.3 Å². The maximum atomic E-state index is 12.2. The molecule has 2 atom stereocenters. The van der Waals surface area contributed by atoms with Crippen molar-refractivity contribution < 1.29 is 19.1 Å². The van der Waals surface area contributed by atoms with Crippen molar-refractivity contribution in [3.63, 3.8) is 0 Å². The molecule has 1 amide bonds. The summed E-state index contributed by atoms with van der Waals surface area (Å²) in [4.78, 5) is 17.3. The van der Waals surface area contributed by atoms with Crippen molar-refractivity contribution >= 4 is 5.91 Å². The Balaban J connectivity index is 1.31. The van der Waals surface area contributed by atoms with Crippen molar-refractivity contribution in [2.45, 2.75) is 69.7 Å². The van der Waals surface area contributed by atoms with E-state index < -0.39 is 0 Å². The van der Waals surface area contributed by atoms with Crippen LogP contribution in [0.25, 0.3) is 0 Å². The lowest BCUT2D eigenvalue weighted by molar-refractivity contribution is -0.0957. The molecule has 2 fully saturated rings. The number of nitrogens with zero attached hydrogens (tertiary/aromatic N) is 1. The monoisotopic (exact) mass is 388 g/mol. The molecule has 0 saturated heterocycles. The van der Waals surface area contributed by atoms with E-state index >= 15 is 0 Å². The van der Waals surface area contributed by atoms with E-state index in [0.29, 0.717) is 24.3 Å². The van der Waals surface area contributed by atoms with Crippen LogP contribution in [0, 0.1) is 5.92 Å². The highest BCUT2D eigenvalue weighted by Crippen LogP contribution is 2.31. The third-order valence-corrected chi connectivity index (χ3v) is 6.60. The Morgan fingerprint density at radius 2 is 1.93 bits per heavy atom. The number of carbonyl (C=O) groups is 1. The Kier molecular flexibility index (Phi) is 6.19. The Labute approximate surface area is 167 Å². The van der Waals surface area contributed by atoms with E-state index in [1.54, 1.807) is 0 Å². The van der Waals surface area contributed by atoms with Crippen LogP contribution in [0.3, 0.4) is 0 Å². The summed E-state index contributed by atoms with van der Waals surface area (Å²) in [5, 5.41) is 5.16. The van der Waals surface area contributed by atoms with Gasteiger partial charge >= 0.3 is 0 Å². The number of rotatable bonds is 7. The second-order valence-electron chi connectivity index (χ2n) is 8.32. The van der Waals surface area contributed by atoms with E-state index in [2.05, 4.69) is 5.32 Å². The number of hydrogen-bond acceptors (Lipinski definition) is 5. The normalized spacial score (nSPS) is 29.9. The molecule has 0 radical (unpaired) electrons. The predicted molar refractivity (Wildman–Crippen MR) is 106 cm³/mol. The molecule has 0 bridgehead atoms. The van der Waals surface area contributed by atoms with Crippen LogP contribution in [0.1, 0.15) is 60.9 Å². The molecule has 1 aliphatic heterocycles. The standard InChI is InChI=1S/C22H32N2O4/c1-26-17-8-6-15(7-9-17)13-23-20-4-3-5-21(20)28-18-10-11-19-16(12-18)14-24(27-2)22(19)25/h10-12,15,17,20-21,23H,3-9,13-14H2,1-2H3/t15?,17?,20-,21-/m0/s1. The third-order valence-electron chi connectivity index (χ3n) is 6.60. The molecule has 1 heterocycles. The van der Waals surface area contributed by atoms with Gasteiger partial charge in [0.1, 0.15) is 11.9 Å². The maximum absolute atomic E-state index is 12.2. The molecule has 0 spiro atoms. The van der Waals surface area contributed by atoms with Gasteiger partial charge in [0.2, 0.25) is 0 Å². The summed E-state index contributed by atoms with van der Waals surface area (Å²) >= 11 is 0. The minimum Gasteiger partial charge on any atom is -0.489 e. The number of hydrogen-bond donors (Lipinski definition) is 1. The van der Waals surface area contributed by atoms with Gasteiger partial charge < -0.3 is 14.8 Å². The minimum absolute atomic E-state index is 0.0762. The Bertz CT molecular complexity index is 687. The van der Waals surface area contributed by atoms with Gasteiger partial charge in [-0.15, -0.1) is 0 Å². The van der Waals surface area contributed by atoms with E-state index in [1.165, 1.54) is 50.7 Å². The molecule has 4 rings (SSSR count). The van der Waals surface area contributed by atoms with Gasteiger partial charge in [-0.1, -0.05) is 0 Å². The highest BCUT2D eigenvalue weighted by atomic mass is 16.7. The summed E-state index contributed by atoms with van der Waals surface area (Å²) in [6.45, 7) is 1.56. The van der Waals surface area contributed by atoms with Crippen molar-refractivity contribution in [1.29, 1.82) is 0 Å². The largest absolute Gasteiger partial charge is 0.489 e. The van der Waals surface area contributed by atoms with Gasteiger partial charge in [-0.05, 0) is 81.2 Å². The highest BCUT2D eigenvalue weighted by Gasteiger charge is 2.32. The zero-order valence-electron chi connectivity index (χ0n) is 17.0. The van der Waals surface area contributed by atoms with E-state index in [-0.39, 0.29) is 12.0 Å². The molecular formula is C22H32N2O4. The van der Waals surface area contributed by atoms with Crippen LogP contribution in [0.15, 0.2) is 18.2 Å². The van der Waals surface area contributed by atoms with Crippen LogP contribution in [0.4, 0.5) is 0 Å². The molecule has 0 aromatic heterocycles. The molecule has 6 heteroatoms. The second-order valence-corrected chi connectivity index (χ2v) is 8.32. The Hall–Kier alpha value is -1.63. The lowest BCUT2D eigenvalue weighted by atomic mass is 9.87. The van der Waals surface area contributed by atoms with Gasteiger partial charge in [-0.2, -0.15) is 0 Å². The minimum atomic E-state index is -0.0762. The van der Waals surface area contributed by atoms with Crippen molar-refractivity contribution in [2.75, 3.05) is 20.8 Å². The molecule has 1 aromatic carbocycles. The van der Waals surface area contributed by atoms with Gasteiger partial charge in [0, 0.05) is 18.7 Å². The summed E-state index contributed by atoms with van der Waals surface area (Å²) < 4.78 is 11.8. The lowest BCUT2D eigenvalue weighted by Crippen LogP contribution is -2.42. The zero-order chi connectivity index (χ0) is 19.5. The molecule has 2 saturated carbocycles. The molecule has 3 aliphatic rings. The van der Waals surface area contributed by atoms with Crippen molar-refractivity contribution in [3.8, 4) is 5.75 Å². The first-order valence-electron chi connectivity index (χ1n) is 10.6. The molecule has 2 aliphatic carbocycles. The SMILES string of the molecule is COC1CCC(CN[C@H]2CCC[C@@H]2Oc2ccc3c(c2)CN(OC)C3=O)CC1. The van der Waals surface area contributed by atoms with E-state index in [4.69, 9.17) is 14.3 Å². The molecule has 28 heavy (non-hydrogen) atoms. The van der Waals surface area contributed by atoms with Crippen LogP contribution < -0.4 is 10.1 Å². The van der Waals surface area contributed by atoms with Crippen LogP contribution in [0.5, 0.6) is 5.75 Å². The summed E-state index contributed by atoms with van der Waals surface area (Å²) in [5.74, 6) is 1.52. The van der Waals surface area contributed by atoms with Crippen LogP contribution in [-0.4, -0.2) is 50.0 Å². The van der Waals surface area contributed by atoms with Gasteiger partial charge in [-0.3, -0.25) is 9.63 Å². The van der Waals surface area contributed by atoms with Gasteiger partial charge in [-0.25, -0.2) is 5.06 Å². The molecule has 1 aromatic rings. The average Bonchev–Trinajstić information content (AvgIpc) is 3.30. The maximum Gasteiger partial charge on any atom is 0.278 e. The van der Waals surface area contributed by atoms with Crippen molar-refractivity contribution in [3.05, 3.63) is 29.3 Å². The van der Waals surface area contributed by atoms with Crippen LogP contribution >= 0.6 is 0 Å². The number of amides is 1. The quantitative estimate of drug-likeness (QED) is 0.777. The smallest absolute Gasteiger partial charge is 0.278 e. The summed E-state index contributed by atoms with van der Waals surface area (Å²) in [5.41, 5.74) is 1.68. The van der Waals surface area contributed by atoms with Gasteiger partial charge in [0.25, 0.3) is 5.91 Å². The molecule has 1 N–H and O–H groups in total. The number of fused-ring (bicyclic) bond motifs is 1. The topological polar surface area (TPSA) is 60.0 Å². The summed E-state index contributed by atoms with van der Waals surface area (Å²) in [6, 6.07) is 6.17. The first-order valence-corrected chi connectivity index (χ1v) is 10.6. The zero-order valence-corrected chi connectivity index (χ0v) is 17.0. The number of hydroxylamine groups is 2. The molecule has 6 nitrogen and oxygen atoms in total. The number of methoxy groups -OCH3 is 1. The Morgan fingerprint density at radius 1 is 1.11 bits per heavy atom. The Morgan fingerprint density at radius 3 is 2.68 bits per heavy atom. The fourth-order valence-electron chi connectivity index (χ4n) is 4.86. The van der Waals surface area contributed by atoms with Gasteiger partial charge in [0.15, 0.2) is 0 Å². The highest BCUT2D eigenvalue weighted by molar-refractivity contribution is 5.97. The van der Waals surface area contributed by atoms with Crippen LogP contribution in [-0.2, 0) is 16.1 Å². The first kappa shape index (κ1) is 19.7. The number of benzene rings is 1. The third kappa shape index (κ3) is 4.19. The fraction of sp³-hybridized carbons (Fsp3) is 0.682. The number of carbonyl (C=O) groups excluding carboxylic acids is 1. The average molecular weight is 389 g/mol. The van der Waals surface area contributed by atoms with E-state index in [9.17, 15) is 4.79 Å². The molecule has 0 unspecified atom stereocenters. The number of nitrogens with one attached hydrogen (secondary N) is 1. The lowest BCUT2D eigenvalue weighted by Gasteiger charge is -2.30. The summed E-state index contributed by atoms with van der Waals surface area (Å²) in [6.07, 6.45) is 8.95. The number of ether oxygens (including phenoxy) is 2. The molecule has 154 valence electrons. The fourth-order valence-corrected chi connectivity index (χ4v) is 4.86. The van der Waals surface area contributed by atoms with Crippen molar-refractivity contribution in [1.82, 2.24) is 10.4 Å². The van der Waals surface area contributed by atoms with Crippen LogP contribution in [0.2, 0.25) is 0 Å². The van der Waals surface area contributed by atoms with Crippen molar-refractivity contribution in [2.24, 2.45) is 5.92 Å².